The van der Waals surface area contributed by atoms with Crippen molar-refractivity contribution in [1.29, 1.82) is 0 Å². The van der Waals surface area contributed by atoms with E-state index in [-0.39, 0.29) is 11.8 Å². The standard InChI is InChI=1S/C21H21F3N2O2/c1-20(2,3)19-26-25-18(28-19)12-17(27)15-6-4-5-14(11-15)13-7-9-16(10-8-13)21(22,23)24/h4-11,17,27H,12H2,1-3H3. The summed E-state index contributed by atoms with van der Waals surface area (Å²) in [5.41, 5.74) is 0.992. The van der Waals surface area contributed by atoms with Crippen molar-refractivity contribution in [2.45, 2.75) is 44.9 Å². The third kappa shape index (κ3) is 4.59. The zero-order valence-corrected chi connectivity index (χ0v) is 15.8. The Balaban J connectivity index is 1.78. The second-order valence-electron chi connectivity index (χ2n) is 7.67. The summed E-state index contributed by atoms with van der Waals surface area (Å²) in [6.07, 6.45) is -5.09. The molecule has 148 valence electrons. The lowest BCUT2D eigenvalue weighted by Crippen LogP contribution is -2.11. The third-order valence-corrected chi connectivity index (χ3v) is 4.29. The van der Waals surface area contributed by atoms with Crippen LogP contribution < -0.4 is 0 Å². The Morgan fingerprint density at radius 2 is 1.64 bits per heavy atom. The van der Waals surface area contributed by atoms with Crippen LogP contribution in [0, 0.1) is 0 Å². The van der Waals surface area contributed by atoms with E-state index in [1.165, 1.54) is 12.1 Å². The van der Waals surface area contributed by atoms with Gasteiger partial charge in [-0.3, -0.25) is 0 Å². The third-order valence-electron chi connectivity index (χ3n) is 4.29. The van der Waals surface area contributed by atoms with Gasteiger partial charge in [0, 0.05) is 5.41 Å². The predicted octanol–water partition coefficient (Wildman–Crippen LogP) is 5.33. The number of rotatable bonds is 4. The van der Waals surface area contributed by atoms with Crippen molar-refractivity contribution in [3.8, 4) is 11.1 Å². The van der Waals surface area contributed by atoms with Crippen LogP contribution in [0.25, 0.3) is 11.1 Å². The van der Waals surface area contributed by atoms with Crippen LogP contribution in [0.15, 0.2) is 52.9 Å². The van der Waals surface area contributed by atoms with Gasteiger partial charge in [-0.15, -0.1) is 10.2 Å². The van der Waals surface area contributed by atoms with Gasteiger partial charge in [0.2, 0.25) is 11.8 Å². The highest BCUT2D eigenvalue weighted by molar-refractivity contribution is 5.64. The number of benzene rings is 2. The fraction of sp³-hybridized carbons (Fsp3) is 0.333. The van der Waals surface area contributed by atoms with Crippen LogP contribution >= 0.6 is 0 Å². The molecule has 1 N–H and O–H groups in total. The Hall–Kier alpha value is -2.67. The smallest absolute Gasteiger partial charge is 0.416 e. The molecule has 0 radical (unpaired) electrons. The number of alkyl halides is 3. The van der Waals surface area contributed by atoms with E-state index < -0.39 is 17.8 Å². The Morgan fingerprint density at radius 3 is 2.21 bits per heavy atom. The average Bonchev–Trinajstić information content (AvgIpc) is 3.10. The maximum atomic E-state index is 12.7. The van der Waals surface area contributed by atoms with E-state index in [9.17, 15) is 18.3 Å². The summed E-state index contributed by atoms with van der Waals surface area (Å²) in [5.74, 6) is 0.825. The highest BCUT2D eigenvalue weighted by Gasteiger charge is 2.30. The lowest BCUT2D eigenvalue weighted by molar-refractivity contribution is -0.137. The van der Waals surface area contributed by atoms with Crippen LogP contribution in [0.3, 0.4) is 0 Å². The quantitative estimate of drug-likeness (QED) is 0.654. The number of aromatic nitrogens is 2. The van der Waals surface area contributed by atoms with Crippen molar-refractivity contribution in [1.82, 2.24) is 10.2 Å². The lowest BCUT2D eigenvalue weighted by Gasteiger charge is -2.13. The SMILES string of the molecule is CC(C)(C)c1nnc(CC(O)c2cccc(-c3ccc(C(F)(F)F)cc3)c2)o1. The monoisotopic (exact) mass is 390 g/mol. The minimum absolute atomic E-state index is 0.152. The van der Waals surface area contributed by atoms with E-state index in [1.807, 2.05) is 20.8 Å². The topological polar surface area (TPSA) is 59.2 Å². The van der Waals surface area contributed by atoms with Crippen molar-refractivity contribution in [3.63, 3.8) is 0 Å². The van der Waals surface area contributed by atoms with Crippen LogP contribution in [-0.4, -0.2) is 15.3 Å². The lowest BCUT2D eigenvalue weighted by atomic mass is 9.97. The number of aliphatic hydroxyl groups excluding tert-OH is 1. The first-order chi connectivity index (χ1) is 13.0. The molecule has 0 fully saturated rings. The first-order valence-electron chi connectivity index (χ1n) is 8.82. The Bertz CT molecular complexity index is 941. The Kier molecular flexibility index (Phi) is 5.30. The van der Waals surface area contributed by atoms with Crippen LogP contribution in [0.5, 0.6) is 0 Å². The molecule has 0 saturated carbocycles. The van der Waals surface area contributed by atoms with Gasteiger partial charge in [-0.2, -0.15) is 13.2 Å². The minimum atomic E-state index is -4.37. The highest BCUT2D eigenvalue weighted by atomic mass is 19.4. The van der Waals surface area contributed by atoms with E-state index in [4.69, 9.17) is 4.42 Å². The van der Waals surface area contributed by atoms with Gasteiger partial charge in [-0.25, -0.2) is 0 Å². The molecule has 2 aromatic carbocycles. The molecule has 0 aliphatic carbocycles. The van der Waals surface area contributed by atoms with Gasteiger partial charge in [0.1, 0.15) is 0 Å². The van der Waals surface area contributed by atoms with E-state index in [0.29, 0.717) is 28.5 Å². The van der Waals surface area contributed by atoms with E-state index in [1.54, 1.807) is 24.3 Å². The summed E-state index contributed by atoms with van der Waals surface area (Å²) in [5, 5.41) is 18.5. The van der Waals surface area contributed by atoms with Gasteiger partial charge in [0.25, 0.3) is 0 Å². The second kappa shape index (κ2) is 7.39. The zero-order chi connectivity index (χ0) is 20.5. The first-order valence-corrected chi connectivity index (χ1v) is 8.82. The molecule has 4 nitrogen and oxygen atoms in total. The molecule has 1 aromatic heterocycles. The van der Waals surface area contributed by atoms with Crippen LogP contribution in [0.4, 0.5) is 13.2 Å². The molecule has 28 heavy (non-hydrogen) atoms. The Morgan fingerprint density at radius 1 is 0.964 bits per heavy atom. The summed E-state index contributed by atoms with van der Waals surface area (Å²) in [4.78, 5) is 0. The molecule has 0 aliphatic rings. The molecule has 7 heteroatoms. The summed E-state index contributed by atoms with van der Waals surface area (Å²) >= 11 is 0. The summed E-state index contributed by atoms with van der Waals surface area (Å²) in [6.45, 7) is 5.86. The number of hydrogen-bond donors (Lipinski definition) is 1. The average molecular weight is 390 g/mol. The number of aliphatic hydroxyl groups is 1. The summed E-state index contributed by atoms with van der Waals surface area (Å²) < 4.78 is 43.8. The molecular formula is C21H21F3N2O2. The van der Waals surface area contributed by atoms with E-state index >= 15 is 0 Å². The minimum Gasteiger partial charge on any atom is -0.425 e. The molecule has 3 rings (SSSR count). The van der Waals surface area contributed by atoms with Crippen LogP contribution in [0.2, 0.25) is 0 Å². The second-order valence-corrected chi connectivity index (χ2v) is 7.67. The molecule has 0 aliphatic heterocycles. The maximum absolute atomic E-state index is 12.7. The van der Waals surface area contributed by atoms with Crippen LogP contribution in [0.1, 0.15) is 49.8 Å². The number of nitrogens with zero attached hydrogens (tertiary/aromatic N) is 2. The Labute approximate surface area is 161 Å². The summed E-state index contributed by atoms with van der Waals surface area (Å²) in [7, 11) is 0. The van der Waals surface area contributed by atoms with Gasteiger partial charge in [0.15, 0.2) is 0 Å². The van der Waals surface area contributed by atoms with Crippen molar-refractivity contribution in [3.05, 3.63) is 71.4 Å². The van der Waals surface area contributed by atoms with Gasteiger partial charge in [-0.05, 0) is 34.9 Å². The molecule has 0 spiro atoms. The fourth-order valence-electron chi connectivity index (χ4n) is 2.70. The zero-order valence-electron chi connectivity index (χ0n) is 15.8. The van der Waals surface area contributed by atoms with Gasteiger partial charge < -0.3 is 9.52 Å². The molecule has 3 aromatic rings. The predicted molar refractivity (Wildman–Crippen MR) is 98.5 cm³/mol. The highest BCUT2D eigenvalue weighted by Crippen LogP contribution is 2.32. The fourth-order valence-corrected chi connectivity index (χ4v) is 2.70. The van der Waals surface area contributed by atoms with Gasteiger partial charge in [-0.1, -0.05) is 51.1 Å². The van der Waals surface area contributed by atoms with Crippen molar-refractivity contribution >= 4 is 0 Å². The van der Waals surface area contributed by atoms with Gasteiger partial charge >= 0.3 is 6.18 Å². The molecule has 0 bridgehead atoms. The van der Waals surface area contributed by atoms with Crippen molar-refractivity contribution in [2.75, 3.05) is 0 Å². The molecule has 0 amide bonds. The molecule has 1 heterocycles. The summed E-state index contributed by atoms with van der Waals surface area (Å²) in [6, 6.07) is 12.0. The van der Waals surface area contributed by atoms with E-state index in [2.05, 4.69) is 10.2 Å². The molecule has 1 atom stereocenters. The van der Waals surface area contributed by atoms with Crippen molar-refractivity contribution in [2.24, 2.45) is 0 Å². The maximum Gasteiger partial charge on any atom is 0.416 e. The normalized spacial score (nSPS) is 13.5. The van der Waals surface area contributed by atoms with E-state index in [0.717, 1.165) is 12.1 Å². The van der Waals surface area contributed by atoms with Gasteiger partial charge in [0.05, 0.1) is 18.1 Å². The molecule has 0 saturated heterocycles. The molecule has 1 unspecified atom stereocenters. The van der Waals surface area contributed by atoms with Crippen LogP contribution in [-0.2, 0) is 18.0 Å². The first kappa shape index (κ1) is 20.1. The largest absolute Gasteiger partial charge is 0.425 e. The molecular weight excluding hydrogens is 369 g/mol. The number of halogens is 3. The number of hydrogen-bond acceptors (Lipinski definition) is 4. The van der Waals surface area contributed by atoms with Crippen molar-refractivity contribution < 1.29 is 22.7 Å².